The summed E-state index contributed by atoms with van der Waals surface area (Å²) in [6.07, 6.45) is 6.89. The molecule has 1 aliphatic rings. The summed E-state index contributed by atoms with van der Waals surface area (Å²) < 4.78 is 0. The molecule has 1 aromatic carbocycles. The van der Waals surface area contributed by atoms with Gasteiger partial charge in [-0.05, 0) is 36.7 Å². The average Bonchev–Trinajstić information content (AvgIpc) is 2.40. The van der Waals surface area contributed by atoms with Gasteiger partial charge >= 0.3 is 0 Å². The highest BCUT2D eigenvalue weighted by Gasteiger charge is 2.36. The first kappa shape index (κ1) is 13.1. The molecule has 2 rings (SSSR count). The highest BCUT2D eigenvalue weighted by molar-refractivity contribution is 6.02. The van der Waals surface area contributed by atoms with E-state index in [1.54, 1.807) is 0 Å². The monoisotopic (exact) mass is 245 g/mol. The molecular weight excluding hydrogens is 222 g/mol. The molecule has 0 spiro atoms. The van der Waals surface area contributed by atoms with Crippen molar-refractivity contribution in [3.05, 3.63) is 35.4 Å². The number of oxime groups is 1. The van der Waals surface area contributed by atoms with E-state index >= 15 is 0 Å². The Hall–Kier alpha value is -1.31. The summed E-state index contributed by atoms with van der Waals surface area (Å²) in [7, 11) is 0. The molecule has 0 radical (unpaired) electrons. The van der Waals surface area contributed by atoms with Crippen molar-refractivity contribution in [3.63, 3.8) is 0 Å². The lowest BCUT2D eigenvalue weighted by Gasteiger charge is -2.39. The number of nitrogens with zero attached hydrogens (tertiary/aromatic N) is 1. The molecule has 0 saturated carbocycles. The molecule has 1 aromatic rings. The van der Waals surface area contributed by atoms with Crippen molar-refractivity contribution in [2.24, 2.45) is 5.16 Å². The Morgan fingerprint density at radius 3 is 2.44 bits per heavy atom. The number of hydrogen-bond acceptors (Lipinski definition) is 2. The molecule has 2 heteroatoms. The second-order valence-electron chi connectivity index (χ2n) is 5.37. The van der Waals surface area contributed by atoms with Crippen LogP contribution in [-0.4, -0.2) is 10.9 Å². The summed E-state index contributed by atoms with van der Waals surface area (Å²) in [6.45, 7) is 4.52. The molecule has 2 nitrogen and oxygen atoms in total. The van der Waals surface area contributed by atoms with Crippen LogP contribution in [0.3, 0.4) is 0 Å². The van der Waals surface area contributed by atoms with E-state index in [0.717, 1.165) is 24.1 Å². The zero-order valence-electron chi connectivity index (χ0n) is 11.4. The second-order valence-corrected chi connectivity index (χ2v) is 5.37. The van der Waals surface area contributed by atoms with Gasteiger partial charge in [-0.1, -0.05) is 56.1 Å². The van der Waals surface area contributed by atoms with E-state index in [4.69, 9.17) is 5.21 Å². The summed E-state index contributed by atoms with van der Waals surface area (Å²) in [5.74, 6) is 0. The van der Waals surface area contributed by atoms with Gasteiger partial charge in [0.1, 0.15) is 0 Å². The second kappa shape index (κ2) is 5.55. The molecule has 0 atom stereocenters. The van der Waals surface area contributed by atoms with Crippen LogP contribution in [-0.2, 0) is 5.41 Å². The zero-order valence-corrected chi connectivity index (χ0v) is 11.4. The minimum Gasteiger partial charge on any atom is -0.411 e. The molecular formula is C16H23NO. The van der Waals surface area contributed by atoms with Gasteiger partial charge < -0.3 is 5.21 Å². The Morgan fingerprint density at radius 1 is 1.17 bits per heavy atom. The molecule has 0 amide bonds. The first-order chi connectivity index (χ1) is 8.77. The minimum absolute atomic E-state index is 0.300. The van der Waals surface area contributed by atoms with E-state index in [1.165, 1.54) is 31.2 Å². The van der Waals surface area contributed by atoms with Gasteiger partial charge in [0.05, 0.1) is 5.71 Å². The quantitative estimate of drug-likeness (QED) is 0.615. The van der Waals surface area contributed by atoms with Gasteiger partial charge in [0.15, 0.2) is 0 Å². The maximum atomic E-state index is 9.16. The number of rotatable bonds is 4. The third kappa shape index (κ3) is 2.16. The molecule has 0 aromatic heterocycles. The minimum atomic E-state index is 0.300. The van der Waals surface area contributed by atoms with Crippen LogP contribution in [0.25, 0.3) is 0 Å². The lowest BCUT2D eigenvalue weighted by atomic mass is 9.65. The maximum absolute atomic E-state index is 9.16. The Kier molecular flexibility index (Phi) is 4.05. The van der Waals surface area contributed by atoms with Gasteiger partial charge in [-0.25, -0.2) is 0 Å². The molecule has 0 fully saturated rings. The van der Waals surface area contributed by atoms with Crippen molar-refractivity contribution >= 4 is 5.71 Å². The summed E-state index contributed by atoms with van der Waals surface area (Å²) in [6, 6.07) is 8.48. The van der Waals surface area contributed by atoms with Crippen molar-refractivity contribution in [2.75, 3.05) is 0 Å². The van der Waals surface area contributed by atoms with Crippen molar-refractivity contribution in [2.45, 2.75) is 57.8 Å². The van der Waals surface area contributed by atoms with E-state index in [9.17, 15) is 0 Å². The van der Waals surface area contributed by atoms with Crippen LogP contribution in [0.2, 0.25) is 0 Å². The first-order valence-electron chi connectivity index (χ1n) is 7.08. The van der Waals surface area contributed by atoms with Gasteiger partial charge in [0, 0.05) is 5.56 Å². The van der Waals surface area contributed by atoms with Gasteiger partial charge in [0.2, 0.25) is 0 Å². The van der Waals surface area contributed by atoms with Gasteiger partial charge in [-0.2, -0.15) is 0 Å². The molecule has 0 unspecified atom stereocenters. The fraction of sp³-hybridized carbons (Fsp3) is 0.562. The smallest absolute Gasteiger partial charge is 0.0871 e. The van der Waals surface area contributed by atoms with Crippen LogP contribution in [0.5, 0.6) is 0 Å². The van der Waals surface area contributed by atoms with Crippen LogP contribution < -0.4 is 0 Å². The fourth-order valence-corrected chi connectivity index (χ4v) is 3.53. The summed E-state index contributed by atoms with van der Waals surface area (Å²) >= 11 is 0. The lowest BCUT2D eigenvalue weighted by molar-refractivity contribution is 0.305. The number of benzene rings is 1. The highest BCUT2D eigenvalue weighted by Crippen LogP contribution is 2.44. The summed E-state index contributed by atoms with van der Waals surface area (Å²) in [4.78, 5) is 0. The fourth-order valence-electron chi connectivity index (χ4n) is 3.53. The predicted molar refractivity (Wildman–Crippen MR) is 75.5 cm³/mol. The Morgan fingerprint density at radius 2 is 1.83 bits per heavy atom. The van der Waals surface area contributed by atoms with Gasteiger partial charge in [-0.15, -0.1) is 0 Å². The SMILES string of the molecule is CCCC1(CCC)CCC(=NO)c2ccccc21. The standard InChI is InChI=1S/C16H23NO/c1-3-10-16(11-4-2)12-9-15(17-18)13-7-5-6-8-14(13)16/h5-8,18H,3-4,9-12H2,1-2H3. The van der Waals surface area contributed by atoms with Crippen LogP contribution in [0.1, 0.15) is 63.5 Å². The van der Waals surface area contributed by atoms with Crippen molar-refractivity contribution in [1.29, 1.82) is 0 Å². The van der Waals surface area contributed by atoms with E-state index in [0.29, 0.717) is 5.41 Å². The van der Waals surface area contributed by atoms with Crippen molar-refractivity contribution < 1.29 is 5.21 Å². The Labute approximate surface area is 110 Å². The van der Waals surface area contributed by atoms with Crippen LogP contribution in [0.4, 0.5) is 0 Å². The van der Waals surface area contributed by atoms with Crippen LogP contribution >= 0.6 is 0 Å². The third-order valence-electron chi connectivity index (χ3n) is 4.23. The predicted octanol–water partition coefficient (Wildman–Crippen LogP) is 4.50. The van der Waals surface area contributed by atoms with Gasteiger partial charge in [0.25, 0.3) is 0 Å². The Bertz CT molecular complexity index is 430. The van der Waals surface area contributed by atoms with E-state index in [1.807, 2.05) is 6.07 Å². The molecule has 0 saturated heterocycles. The first-order valence-corrected chi connectivity index (χ1v) is 7.08. The van der Waals surface area contributed by atoms with Crippen molar-refractivity contribution in [1.82, 2.24) is 0 Å². The van der Waals surface area contributed by atoms with Crippen LogP contribution in [0.15, 0.2) is 29.4 Å². The maximum Gasteiger partial charge on any atom is 0.0871 e. The van der Waals surface area contributed by atoms with Crippen LogP contribution in [0, 0.1) is 0 Å². The summed E-state index contributed by atoms with van der Waals surface area (Å²) in [5.41, 5.74) is 3.71. The molecule has 0 bridgehead atoms. The third-order valence-corrected chi connectivity index (χ3v) is 4.23. The van der Waals surface area contributed by atoms with Crippen molar-refractivity contribution in [3.8, 4) is 0 Å². The largest absolute Gasteiger partial charge is 0.411 e. The molecule has 18 heavy (non-hydrogen) atoms. The topological polar surface area (TPSA) is 32.6 Å². The number of fused-ring (bicyclic) bond motifs is 1. The molecule has 1 N–H and O–H groups in total. The van der Waals surface area contributed by atoms with E-state index in [2.05, 4.69) is 37.2 Å². The molecule has 1 aliphatic carbocycles. The lowest BCUT2D eigenvalue weighted by Crippen LogP contribution is -2.33. The molecule has 0 aliphatic heterocycles. The average molecular weight is 245 g/mol. The highest BCUT2D eigenvalue weighted by atomic mass is 16.4. The Balaban J connectivity index is 2.51. The normalized spacial score (nSPS) is 19.8. The van der Waals surface area contributed by atoms with Gasteiger partial charge in [-0.3, -0.25) is 0 Å². The molecule has 98 valence electrons. The van der Waals surface area contributed by atoms with E-state index in [-0.39, 0.29) is 0 Å². The number of hydrogen-bond donors (Lipinski definition) is 1. The zero-order chi connectivity index (χ0) is 13.0. The van der Waals surface area contributed by atoms with E-state index < -0.39 is 0 Å². The molecule has 0 heterocycles. The summed E-state index contributed by atoms with van der Waals surface area (Å²) in [5, 5.41) is 12.6.